The van der Waals surface area contributed by atoms with E-state index in [1.807, 2.05) is 0 Å². The maximum Gasteiger partial charge on any atom is 0.270 e. The highest BCUT2D eigenvalue weighted by Gasteiger charge is 2.07. The second kappa shape index (κ2) is 5.92. The normalized spacial score (nSPS) is 11.2. The van der Waals surface area contributed by atoms with Gasteiger partial charge in [-0.05, 0) is 31.2 Å². The molecular weight excluding hydrogens is 261 g/mol. The van der Waals surface area contributed by atoms with E-state index >= 15 is 0 Å². The third kappa shape index (κ3) is 3.38. The van der Waals surface area contributed by atoms with Gasteiger partial charge in [0.1, 0.15) is 5.82 Å². The van der Waals surface area contributed by atoms with Crippen molar-refractivity contribution in [2.75, 3.05) is 5.43 Å². The quantitative estimate of drug-likeness (QED) is 0.526. The Morgan fingerprint density at radius 2 is 1.95 bits per heavy atom. The van der Waals surface area contributed by atoms with Gasteiger partial charge in [-0.1, -0.05) is 12.1 Å². The van der Waals surface area contributed by atoms with E-state index in [4.69, 9.17) is 0 Å². The van der Waals surface area contributed by atoms with Crippen molar-refractivity contribution in [3.63, 3.8) is 0 Å². The predicted molar refractivity (Wildman–Crippen MR) is 75.3 cm³/mol. The average molecular weight is 273 g/mol. The summed E-state index contributed by atoms with van der Waals surface area (Å²) >= 11 is 0. The van der Waals surface area contributed by atoms with E-state index in [0.29, 0.717) is 17.0 Å². The molecule has 1 N–H and O–H groups in total. The fourth-order valence-electron chi connectivity index (χ4n) is 1.58. The van der Waals surface area contributed by atoms with Gasteiger partial charge in [0.15, 0.2) is 0 Å². The van der Waals surface area contributed by atoms with Crippen molar-refractivity contribution >= 4 is 17.1 Å². The molecule has 2 rings (SSSR count). The highest BCUT2D eigenvalue weighted by Crippen LogP contribution is 2.14. The lowest BCUT2D eigenvalue weighted by atomic mass is 10.1. The lowest BCUT2D eigenvalue weighted by molar-refractivity contribution is -0.384. The number of hydrogen-bond acceptors (Lipinski definition) is 4. The molecule has 0 spiro atoms. The average Bonchev–Trinajstić information content (AvgIpc) is 2.46. The number of hydrogen-bond donors (Lipinski definition) is 1. The minimum Gasteiger partial charge on any atom is -0.278 e. The molecule has 0 aromatic heterocycles. The van der Waals surface area contributed by atoms with Gasteiger partial charge in [-0.2, -0.15) is 5.10 Å². The van der Waals surface area contributed by atoms with E-state index in [1.54, 1.807) is 31.2 Å². The first-order valence-corrected chi connectivity index (χ1v) is 5.87. The van der Waals surface area contributed by atoms with Crippen molar-refractivity contribution in [3.05, 3.63) is 70.0 Å². The largest absolute Gasteiger partial charge is 0.278 e. The Balaban J connectivity index is 2.16. The second-order valence-corrected chi connectivity index (χ2v) is 4.12. The highest BCUT2D eigenvalue weighted by atomic mass is 19.1. The summed E-state index contributed by atoms with van der Waals surface area (Å²) in [6.07, 6.45) is 0. The zero-order valence-corrected chi connectivity index (χ0v) is 10.7. The number of non-ortho nitro benzene ring substituents is 1. The molecule has 2 aromatic carbocycles. The first-order valence-electron chi connectivity index (χ1n) is 5.87. The van der Waals surface area contributed by atoms with Crippen LogP contribution < -0.4 is 5.43 Å². The number of nitrogens with one attached hydrogen (secondary N) is 1. The van der Waals surface area contributed by atoms with Gasteiger partial charge in [0.25, 0.3) is 5.69 Å². The second-order valence-electron chi connectivity index (χ2n) is 4.12. The molecule has 0 amide bonds. The number of benzene rings is 2. The van der Waals surface area contributed by atoms with Gasteiger partial charge in [0, 0.05) is 17.7 Å². The number of nitro benzene ring substituents is 1. The Labute approximate surface area is 114 Å². The molecule has 0 aliphatic heterocycles. The molecule has 0 heterocycles. The van der Waals surface area contributed by atoms with Gasteiger partial charge < -0.3 is 0 Å². The van der Waals surface area contributed by atoms with Crippen molar-refractivity contribution in [3.8, 4) is 0 Å². The third-order valence-electron chi connectivity index (χ3n) is 2.67. The van der Waals surface area contributed by atoms with E-state index in [-0.39, 0.29) is 11.5 Å². The van der Waals surface area contributed by atoms with Crippen molar-refractivity contribution in [1.29, 1.82) is 0 Å². The topological polar surface area (TPSA) is 67.5 Å². The van der Waals surface area contributed by atoms with E-state index < -0.39 is 4.92 Å². The monoisotopic (exact) mass is 273 g/mol. The first-order chi connectivity index (χ1) is 9.56. The molecular formula is C14H12FN3O2. The fourth-order valence-corrected chi connectivity index (χ4v) is 1.58. The van der Waals surface area contributed by atoms with Crippen molar-refractivity contribution in [2.24, 2.45) is 5.10 Å². The maximum absolute atomic E-state index is 12.7. The van der Waals surface area contributed by atoms with E-state index in [1.165, 1.54) is 24.3 Å². The molecule has 0 radical (unpaired) electrons. The summed E-state index contributed by atoms with van der Waals surface area (Å²) in [5, 5.41) is 14.8. The SMILES string of the molecule is C/C(=N/Nc1ccc(F)cc1)c1cccc([N+](=O)[O-])c1. The van der Waals surface area contributed by atoms with Crippen LogP contribution in [0.25, 0.3) is 0 Å². The van der Waals surface area contributed by atoms with Crippen LogP contribution in [0.5, 0.6) is 0 Å². The number of halogens is 1. The van der Waals surface area contributed by atoms with Crippen molar-refractivity contribution < 1.29 is 9.31 Å². The van der Waals surface area contributed by atoms with Gasteiger partial charge >= 0.3 is 0 Å². The van der Waals surface area contributed by atoms with Gasteiger partial charge in [-0.3, -0.25) is 15.5 Å². The van der Waals surface area contributed by atoms with Crippen molar-refractivity contribution in [2.45, 2.75) is 6.92 Å². The van der Waals surface area contributed by atoms with Gasteiger partial charge in [0.2, 0.25) is 0 Å². The molecule has 102 valence electrons. The summed E-state index contributed by atoms with van der Waals surface area (Å²) in [5.74, 6) is -0.324. The van der Waals surface area contributed by atoms with E-state index in [0.717, 1.165) is 0 Å². The Hall–Kier alpha value is -2.76. The smallest absolute Gasteiger partial charge is 0.270 e. The first kappa shape index (κ1) is 13.7. The minimum absolute atomic E-state index is 0.0128. The number of anilines is 1. The van der Waals surface area contributed by atoms with E-state index in [9.17, 15) is 14.5 Å². The van der Waals surface area contributed by atoms with Crippen LogP contribution >= 0.6 is 0 Å². The highest BCUT2D eigenvalue weighted by molar-refractivity contribution is 5.99. The van der Waals surface area contributed by atoms with Gasteiger partial charge in [-0.15, -0.1) is 0 Å². The zero-order chi connectivity index (χ0) is 14.5. The predicted octanol–water partition coefficient (Wildman–Crippen LogP) is 3.57. The molecule has 0 fully saturated rings. The van der Waals surface area contributed by atoms with Crippen LogP contribution in [0, 0.1) is 15.9 Å². The molecule has 0 saturated carbocycles. The molecule has 20 heavy (non-hydrogen) atoms. The van der Waals surface area contributed by atoms with Gasteiger partial charge in [0.05, 0.1) is 16.3 Å². The summed E-state index contributed by atoms with van der Waals surface area (Å²) in [7, 11) is 0. The Morgan fingerprint density at radius 1 is 1.25 bits per heavy atom. The summed E-state index contributed by atoms with van der Waals surface area (Å²) in [5.41, 5.74) is 4.66. The lowest BCUT2D eigenvalue weighted by Crippen LogP contribution is -2.00. The molecule has 0 aliphatic carbocycles. The summed E-state index contributed by atoms with van der Waals surface area (Å²) in [6, 6.07) is 12.0. The minimum atomic E-state index is -0.454. The number of nitro groups is 1. The lowest BCUT2D eigenvalue weighted by Gasteiger charge is -2.03. The number of nitrogens with zero attached hydrogens (tertiary/aromatic N) is 2. The van der Waals surface area contributed by atoms with E-state index in [2.05, 4.69) is 10.5 Å². The maximum atomic E-state index is 12.7. The molecule has 0 bridgehead atoms. The summed E-state index contributed by atoms with van der Waals surface area (Å²) in [6.45, 7) is 1.73. The Bertz CT molecular complexity index is 654. The third-order valence-corrected chi connectivity index (χ3v) is 2.67. The van der Waals surface area contributed by atoms with Crippen LogP contribution in [0.15, 0.2) is 53.6 Å². The molecule has 6 heteroatoms. The molecule has 0 saturated heterocycles. The molecule has 5 nitrogen and oxygen atoms in total. The summed E-state index contributed by atoms with van der Waals surface area (Å²) < 4.78 is 12.7. The summed E-state index contributed by atoms with van der Waals surface area (Å²) in [4.78, 5) is 10.2. The van der Waals surface area contributed by atoms with Crippen LogP contribution in [0.1, 0.15) is 12.5 Å². The van der Waals surface area contributed by atoms with Crippen molar-refractivity contribution in [1.82, 2.24) is 0 Å². The zero-order valence-electron chi connectivity index (χ0n) is 10.7. The van der Waals surface area contributed by atoms with Crippen LogP contribution in [0.2, 0.25) is 0 Å². The number of hydrazone groups is 1. The fraction of sp³-hybridized carbons (Fsp3) is 0.0714. The number of rotatable bonds is 4. The molecule has 0 aliphatic rings. The van der Waals surface area contributed by atoms with Crippen LogP contribution in [-0.4, -0.2) is 10.6 Å². The standard InChI is InChI=1S/C14H12FN3O2/c1-10(11-3-2-4-14(9-11)18(19)20)16-17-13-7-5-12(15)6-8-13/h2-9,17H,1H3/b16-10-. The molecule has 0 atom stereocenters. The van der Waals surface area contributed by atoms with Gasteiger partial charge in [-0.25, -0.2) is 4.39 Å². The Morgan fingerprint density at radius 3 is 2.60 bits per heavy atom. The Kier molecular flexibility index (Phi) is 4.05. The van der Waals surface area contributed by atoms with Crippen LogP contribution in [0.4, 0.5) is 15.8 Å². The van der Waals surface area contributed by atoms with Crippen LogP contribution in [-0.2, 0) is 0 Å². The molecule has 2 aromatic rings. The molecule has 0 unspecified atom stereocenters. The van der Waals surface area contributed by atoms with Crippen LogP contribution in [0.3, 0.4) is 0 Å².